The van der Waals surface area contributed by atoms with Crippen LogP contribution in [0.2, 0.25) is 0 Å². The van der Waals surface area contributed by atoms with E-state index in [-0.39, 0.29) is 59.8 Å². The van der Waals surface area contributed by atoms with E-state index in [1.807, 2.05) is 81.7 Å². The highest BCUT2D eigenvalue weighted by molar-refractivity contribution is 7.13. The summed E-state index contributed by atoms with van der Waals surface area (Å²) in [5.74, 6) is -0.707. The summed E-state index contributed by atoms with van der Waals surface area (Å²) in [5.41, 5.74) is 4.97. The van der Waals surface area contributed by atoms with E-state index in [2.05, 4.69) is 35.7 Å². The predicted octanol–water partition coefficient (Wildman–Crippen LogP) is 7.54. The van der Waals surface area contributed by atoms with Gasteiger partial charge in [-0.25, -0.2) is 9.37 Å². The Kier molecular flexibility index (Phi) is 15.4. The lowest BCUT2D eigenvalue weighted by Crippen LogP contribution is -2.57. The number of phenols is 1. The quantitative estimate of drug-likeness (QED) is 0.0620. The molecule has 6 aromatic rings. The molecule has 2 bridgehead atoms. The number of aromatic nitrogens is 4. The molecule has 7 heterocycles. The SMILES string of the molecule is Cc1ncsc1-c1ccc(CNC(=O)[C@@H]2CCCN2C(=O)[C@@H](NC(=O)CCOCCCN2CCC[C@H]2COc2nc(N3CC4CCC(C3)N4)c3cnc(-c4cc(O)cc5ccccc45)c(F)c3n2)C(C)(C)C)cc1. The second-order valence-electron chi connectivity index (χ2n) is 21.4. The number of fused-ring (bicyclic) bond motifs is 4. The van der Waals surface area contributed by atoms with E-state index in [0.717, 1.165) is 90.8 Å². The Balaban J connectivity index is 0.710. The van der Waals surface area contributed by atoms with Crippen LogP contribution in [0.4, 0.5) is 10.2 Å². The van der Waals surface area contributed by atoms with Crippen molar-refractivity contribution in [1.82, 2.24) is 45.7 Å². The van der Waals surface area contributed by atoms with Crippen LogP contribution >= 0.6 is 11.3 Å². The van der Waals surface area contributed by atoms with E-state index in [1.54, 1.807) is 34.6 Å². The number of piperazine rings is 1. The molecule has 3 aromatic carbocycles. The number of hydrogen-bond acceptors (Lipinski definition) is 14. The lowest BCUT2D eigenvalue weighted by molar-refractivity contribution is -0.144. The van der Waals surface area contributed by atoms with Crippen molar-refractivity contribution in [3.63, 3.8) is 0 Å². The maximum Gasteiger partial charge on any atom is 0.319 e. The number of aromatic hydroxyl groups is 1. The fourth-order valence-electron chi connectivity index (χ4n) is 11.2. The van der Waals surface area contributed by atoms with Crippen molar-refractivity contribution in [2.45, 2.75) is 116 Å². The van der Waals surface area contributed by atoms with Gasteiger partial charge in [0.05, 0.1) is 28.1 Å². The van der Waals surface area contributed by atoms with Crippen LogP contribution in [0.15, 0.2) is 72.4 Å². The molecule has 5 atom stereocenters. The number of carbonyl (C=O) groups is 3. The maximum absolute atomic E-state index is 16.9. The number of carbonyl (C=O) groups excluding carboxylic acids is 3. The highest BCUT2D eigenvalue weighted by Gasteiger charge is 2.42. The Labute approximate surface area is 435 Å². The zero-order valence-corrected chi connectivity index (χ0v) is 43.6. The van der Waals surface area contributed by atoms with Crippen molar-refractivity contribution >= 4 is 56.6 Å². The van der Waals surface area contributed by atoms with Gasteiger partial charge < -0.3 is 40.3 Å². The number of rotatable bonds is 18. The number of nitrogens with zero attached hydrogens (tertiary/aromatic N) is 7. The number of thiazole rings is 1. The minimum absolute atomic E-state index is 0.0208. The molecule has 74 heavy (non-hydrogen) atoms. The standard InChI is InChI=1S/C56H67FN10O6S/c1-34-50(74-33-60-34)36-16-14-35(15-17-36)28-59-53(70)45-13-8-23-67(45)54(71)51(56(2,3)4)62-46(69)20-25-72-24-9-22-65-21-7-11-40(65)32-73-55-63-49-44(52(64-55)66-30-38-18-19-39(31-66)61-38)29-58-48(47(49)57)43-27-41(68)26-37-10-5-6-12-42(37)43/h5-6,10,12,14-17,26-27,29,33,38-40,45,51,61,68H,7-9,11,13,18-25,28,30-32H2,1-4H3,(H,59,70)(H,62,69)/t38?,39?,40-,45-,51+/m0/s1. The summed E-state index contributed by atoms with van der Waals surface area (Å²) < 4.78 is 29.3. The highest BCUT2D eigenvalue weighted by atomic mass is 32.1. The minimum Gasteiger partial charge on any atom is -0.508 e. The summed E-state index contributed by atoms with van der Waals surface area (Å²) in [6.07, 6.45) is 7.82. The third kappa shape index (κ3) is 11.3. The van der Waals surface area contributed by atoms with Crippen LogP contribution in [-0.2, 0) is 25.7 Å². The van der Waals surface area contributed by atoms with Crippen LogP contribution < -0.4 is 25.6 Å². The number of hydrogen-bond donors (Lipinski definition) is 4. The van der Waals surface area contributed by atoms with Gasteiger partial charge in [-0.1, -0.05) is 69.3 Å². The number of phenolic OH excluding ortho intramolecular Hbond substituents is 1. The topological polar surface area (TPSA) is 187 Å². The first-order valence-corrected chi connectivity index (χ1v) is 27.1. The largest absolute Gasteiger partial charge is 0.508 e. The van der Waals surface area contributed by atoms with Crippen molar-refractivity contribution in [1.29, 1.82) is 0 Å². The first kappa shape index (κ1) is 51.2. The molecule has 2 unspecified atom stereocenters. The zero-order valence-electron chi connectivity index (χ0n) is 42.7. The number of halogens is 1. The summed E-state index contributed by atoms with van der Waals surface area (Å²) in [6, 6.07) is 18.2. The van der Waals surface area contributed by atoms with Gasteiger partial charge in [0.25, 0.3) is 0 Å². The van der Waals surface area contributed by atoms with E-state index in [1.165, 1.54) is 0 Å². The van der Waals surface area contributed by atoms with E-state index < -0.39 is 23.3 Å². The lowest BCUT2D eigenvalue weighted by Gasteiger charge is -2.35. The van der Waals surface area contributed by atoms with Crippen molar-refractivity contribution in [3.8, 4) is 33.5 Å². The molecular weight excluding hydrogens is 960 g/mol. The van der Waals surface area contributed by atoms with Crippen LogP contribution in [0.1, 0.15) is 83.4 Å². The lowest BCUT2D eigenvalue weighted by atomic mass is 9.85. The molecule has 18 heteroatoms. The molecule has 390 valence electrons. The number of ether oxygens (including phenoxy) is 2. The fourth-order valence-corrected chi connectivity index (χ4v) is 12.0. The fraction of sp³-hybridized carbons (Fsp3) is 0.482. The maximum atomic E-state index is 16.9. The van der Waals surface area contributed by atoms with Crippen LogP contribution in [0, 0.1) is 18.2 Å². The zero-order chi connectivity index (χ0) is 51.5. The number of benzene rings is 3. The normalized spacial score (nSPS) is 20.4. The minimum atomic E-state index is -0.817. The van der Waals surface area contributed by atoms with Crippen LogP contribution in [0.25, 0.3) is 43.4 Å². The monoisotopic (exact) mass is 1030 g/mol. The molecule has 3 amide bonds. The highest BCUT2D eigenvalue weighted by Crippen LogP contribution is 2.38. The first-order chi connectivity index (χ1) is 35.8. The molecule has 0 saturated carbocycles. The average molecular weight is 1030 g/mol. The van der Waals surface area contributed by atoms with Crippen molar-refractivity contribution < 1.29 is 33.4 Å². The van der Waals surface area contributed by atoms with Gasteiger partial charge in [-0.3, -0.25) is 24.3 Å². The number of pyridine rings is 1. The second-order valence-corrected chi connectivity index (χ2v) is 22.2. The number of amides is 3. The molecule has 4 saturated heterocycles. The predicted molar refractivity (Wildman–Crippen MR) is 284 cm³/mol. The summed E-state index contributed by atoms with van der Waals surface area (Å²) in [7, 11) is 0. The number of nitrogens with one attached hydrogen (secondary N) is 3. The summed E-state index contributed by atoms with van der Waals surface area (Å²) >= 11 is 1.60. The van der Waals surface area contributed by atoms with Crippen molar-refractivity contribution in [3.05, 3.63) is 89.4 Å². The van der Waals surface area contributed by atoms with E-state index in [4.69, 9.17) is 19.4 Å². The molecule has 0 radical (unpaired) electrons. The third-order valence-electron chi connectivity index (χ3n) is 15.1. The molecular formula is C56H67FN10O6S. The van der Waals surface area contributed by atoms with E-state index in [9.17, 15) is 19.5 Å². The second kappa shape index (κ2) is 22.2. The van der Waals surface area contributed by atoms with Crippen molar-refractivity contribution in [2.75, 3.05) is 57.4 Å². The smallest absolute Gasteiger partial charge is 0.319 e. The molecule has 4 aliphatic heterocycles. The van der Waals surface area contributed by atoms with Gasteiger partial charge in [0.2, 0.25) is 17.7 Å². The Morgan fingerprint density at radius 2 is 1.73 bits per heavy atom. The first-order valence-electron chi connectivity index (χ1n) is 26.2. The molecule has 16 nitrogen and oxygen atoms in total. The molecule has 4 N–H and O–H groups in total. The van der Waals surface area contributed by atoms with E-state index >= 15 is 4.39 Å². The molecule has 3 aromatic heterocycles. The van der Waals surface area contributed by atoms with Crippen LogP contribution in [-0.4, -0.2) is 135 Å². The Morgan fingerprint density at radius 1 is 0.946 bits per heavy atom. The Bertz CT molecular complexity index is 2990. The number of aryl methyl sites for hydroxylation is 1. The van der Waals surface area contributed by atoms with Gasteiger partial charge in [0.1, 0.15) is 41.5 Å². The summed E-state index contributed by atoms with van der Waals surface area (Å²) in [4.78, 5) is 66.9. The van der Waals surface area contributed by atoms with Gasteiger partial charge in [-0.15, -0.1) is 11.3 Å². The number of anilines is 1. The van der Waals surface area contributed by atoms with Crippen molar-refractivity contribution in [2.24, 2.45) is 5.41 Å². The third-order valence-corrected chi connectivity index (χ3v) is 16.0. The Morgan fingerprint density at radius 3 is 2.50 bits per heavy atom. The van der Waals surface area contributed by atoms with Crippen LogP contribution in [0.5, 0.6) is 11.8 Å². The van der Waals surface area contributed by atoms with Crippen LogP contribution in [0.3, 0.4) is 0 Å². The van der Waals surface area contributed by atoms with Gasteiger partial charge in [0, 0.05) is 75.6 Å². The van der Waals surface area contributed by atoms with Gasteiger partial charge >= 0.3 is 6.01 Å². The number of likely N-dealkylation sites (tertiary alicyclic amines) is 2. The van der Waals surface area contributed by atoms with Gasteiger partial charge in [0.15, 0.2) is 5.82 Å². The average Bonchev–Trinajstić information content (AvgIpc) is 4.23. The summed E-state index contributed by atoms with van der Waals surface area (Å²) in [6.45, 7) is 12.6. The molecule has 0 aliphatic carbocycles. The summed E-state index contributed by atoms with van der Waals surface area (Å²) in [5, 5.41) is 22.4. The van der Waals surface area contributed by atoms with Gasteiger partial charge in [-0.05, 0) is 97.9 Å². The molecule has 4 aliphatic rings. The molecule has 4 fully saturated rings. The van der Waals surface area contributed by atoms with Gasteiger partial charge in [-0.2, -0.15) is 9.97 Å². The molecule has 0 spiro atoms. The molecule has 10 rings (SSSR count). The Hall–Kier alpha value is -6.34. The van der Waals surface area contributed by atoms with E-state index in [0.29, 0.717) is 68.0 Å².